The molecule has 3 nitrogen and oxygen atoms in total. The van der Waals surface area contributed by atoms with Crippen molar-refractivity contribution in [2.45, 2.75) is 33.1 Å². The van der Waals surface area contributed by atoms with Gasteiger partial charge in [-0.2, -0.15) is 5.26 Å². The second-order valence-electron chi connectivity index (χ2n) is 5.78. The number of hydrogen-bond donors (Lipinski definition) is 1. The fourth-order valence-electron chi connectivity index (χ4n) is 2.27. The maximum absolute atomic E-state index is 12.0. The van der Waals surface area contributed by atoms with Crippen LogP contribution in [0.3, 0.4) is 0 Å². The molecule has 0 spiro atoms. The van der Waals surface area contributed by atoms with Crippen molar-refractivity contribution in [3.05, 3.63) is 46.0 Å². The fraction of sp³-hybridized carbons (Fsp3) is 0.412. The highest BCUT2D eigenvalue weighted by molar-refractivity contribution is 8.03. The van der Waals surface area contributed by atoms with E-state index >= 15 is 0 Å². The van der Waals surface area contributed by atoms with Gasteiger partial charge in [0.2, 0.25) is 5.91 Å². The van der Waals surface area contributed by atoms with Crippen LogP contribution in [0.5, 0.6) is 0 Å². The van der Waals surface area contributed by atoms with Crippen LogP contribution in [0, 0.1) is 24.2 Å². The average molecular weight is 300 g/mol. The predicted octanol–water partition coefficient (Wildman–Crippen LogP) is 3.72. The van der Waals surface area contributed by atoms with Crippen molar-refractivity contribution in [2.75, 3.05) is 5.75 Å². The van der Waals surface area contributed by atoms with Gasteiger partial charge in [-0.05, 0) is 18.4 Å². The lowest BCUT2D eigenvalue weighted by atomic mass is 9.87. The molecule has 0 radical (unpaired) electrons. The van der Waals surface area contributed by atoms with Crippen molar-refractivity contribution < 1.29 is 4.79 Å². The van der Waals surface area contributed by atoms with E-state index in [0.29, 0.717) is 17.9 Å². The summed E-state index contributed by atoms with van der Waals surface area (Å²) in [6.45, 7) is 6.28. The Labute approximate surface area is 130 Å². The molecule has 110 valence electrons. The Morgan fingerprint density at radius 2 is 2.05 bits per heavy atom. The maximum Gasteiger partial charge on any atom is 0.225 e. The summed E-state index contributed by atoms with van der Waals surface area (Å²) in [4.78, 5) is 12.0. The highest BCUT2D eigenvalue weighted by atomic mass is 32.2. The van der Waals surface area contributed by atoms with E-state index in [1.165, 1.54) is 5.56 Å². The smallest absolute Gasteiger partial charge is 0.225 e. The largest absolute Gasteiger partial charge is 0.320 e. The van der Waals surface area contributed by atoms with Gasteiger partial charge in [-0.3, -0.25) is 4.79 Å². The molecule has 1 heterocycles. The molecule has 2 rings (SSSR count). The van der Waals surface area contributed by atoms with Crippen molar-refractivity contribution in [3.8, 4) is 6.07 Å². The predicted molar refractivity (Wildman–Crippen MR) is 86.6 cm³/mol. The van der Waals surface area contributed by atoms with Crippen molar-refractivity contribution in [2.24, 2.45) is 5.92 Å². The lowest BCUT2D eigenvalue weighted by Gasteiger charge is -2.25. The number of nitrogens with one attached hydrogen (secondary N) is 1. The Morgan fingerprint density at radius 3 is 2.62 bits per heavy atom. The van der Waals surface area contributed by atoms with E-state index in [0.717, 1.165) is 16.3 Å². The molecule has 1 aromatic carbocycles. The summed E-state index contributed by atoms with van der Waals surface area (Å²) in [6.07, 6.45) is 0.345. The van der Waals surface area contributed by atoms with Crippen LogP contribution < -0.4 is 5.32 Å². The summed E-state index contributed by atoms with van der Waals surface area (Å²) in [5, 5.41) is 13.1. The normalized spacial score (nSPS) is 18.6. The molecule has 1 unspecified atom stereocenters. The molecular weight excluding hydrogens is 280 g/mol. The number of nitrogens with zero attached hydrogens (tertiary/aromatic N) is 1. The molecule has 0 saturated carbocycles. The Kier molecular flexibility index (Phi) is 5.08. The summed E-state index contributed by atoms with van der Waals surface area (Å²) < 4.78 is 0. The van der Waals surface area contributed by atoms with Crippen molar-refractivity contribution in [1.29, 1.82) is 5.26 Å². The minimum Gasteiger partial charge on any atom is -0.320 e. The van der Waals surface area contributed by atoms with Gasteiger partial charge in [0.05, 0.1) is 16.7 Å². The average Bonchev–Trinajstić information content (AvgIpc) is 2.45. The van der Waals surface area contributed by atoms with Crippen LogP contribution in [0.2, 0.25) is 0 Å². The minimum atomic E-state index is -0.126. The number of benzene rings is 1. The van der Waals surface area contributed by atoms with Gasteiger partial charge in [0, 0.05) is 18.1 Å². The van der Waals surface area contributed by atoms with Crippen LogP contribution in [-0.4, -0.2) is 11.7 Å². The van der Waals surface area contributed by atoms with Crippen molar-refractivity contribution >= 4 is 17.7 Å². The first-order chi connectivity index (χ1) is 10.0. The summed E-state index contributed by atoms with van der Waals surface area (Å²) in [6, 6.07) is 10.4. The first-order valence-corrected chi connectivity index (χ1v) is 8.13. The number of allylic oxidation sites excluding steroid dienone is 1. The van der Waals surface area contributed by atoms with E-state index in [1.807, 2.05) is 31.2 Å². The number of rotatable bonds is 4. The molecule has 1 atom stereocenters. The van der Waals surface area contributed by atoms with Gasteiger partial charge in [-0.25, -0.2) is 0 Å². The number of carbonyl (C=O) groups is 1. The van der Waals surface area contributed by atoms with Crippen LogP contribution in [-0.2, 0) is 4.79 Å². The first-order valence-electron chi connectivity index (χ1n) is 7.14. The van der Waals surface area contributed by atoms with Gasteiger partial charge in [0.15, 0.2) is 0 Å². The zero-order chi connectivity index (χ0) is 15.4. The monoisotopic (exact) mass is 300 g/mol. The highest BCUT2D eigenvalue weighted by Gasteiger charge is 2.29. The Balaban J connectivity index is 2.34. The summed E-state index contributed by atoms with van der Waals surface area (Å²) in [7, 11) is 0. The Bertz CT molecular complexity index is 596. The van der Waals surface area contributed by atoms with Gasteiger partial charge in [-0.15, -0.1) is 11.8 Å². The van der Waals surface area contributed by atoms with Crippen molar-refractivity contribution in [1.82, 2.24) is 5.32 Å². The minimum absolute atomic E-state index is 0.00849. The molecule has 0 aromatic heterocycles. The van der Waals surface area contributed by atoms with Gasteiger partial charge in [0.25, 0.3) is 0 Å². The first kappa shape index (κ1) is 15.7. The molecule has 1 aliphatic heterocycles. The SMILES string of the molecule is Cc1ccc(C2CC(=O)NC(SCC(C)C)=C2C#N)cc1. The molecule has 1 aromatic rings. The molecule has 21 heavy (non-hydrogen) atoms. The van der Waals surface area contributed by atoms with E-state index in [2.05, 4.69) is 25.2 Å². The third kappa shape index (κ3) is 3.89. The molecule has 1 N–H and O–H groups in total. The van der Waals surface area contributed by atoms with Crippen molar-refractivity contribution in [3.63, 3.8) is 0 Å². The summed E-state index contributed by atoms with van der Waals surface area (Å²) in [5.74, 6) is 1.27. The molecule has 0 fully saturated rings. The number of aryl methyl sites for hydroxylation is 1. The van der Waals surface area contributed by atoms with Gasteiger partial charge >= 0.3 is 0 Å². The molecule has 0 aliphatic carbocycles. The molecule has 4 heteroatoms. The molecule has 0 bridgehead atoms. The van der Waals surface area contributed by atoms with Crippen LogP contribution in [0.1, 0.15) is 37.3 Å². The quantitative estimate of drug-likeness (QED) is 0.922. The van der Waals surface area contributed by atoms with E-state index in [4.69, 9.17) is 0 Å². The zero-order valence-corrected chi connectivity index (χ0v) is 13.5. The topological polar surface area (TPSA) is 52.9 Å². The lowest BCUT2D eigenvalue weighted by molar-refractivity contribution is -0.120. The van der Waals surface area contributed by atoms with Crippen LogP contribution in [0.25, 0.3) is 0 Å². The number of carbonyl (C=O) groups excluding carboxylic acids is 1. The molecular formula is C17H20N2OS. The number of hydrogen-bond acceptors (Lipinski definition) is 3. The number of amides is 1. The fourth-order valence-corrected chi connectivity index (χ4v) is 3.30. The van der Waals surface area contributed by atoms with Crippen LogP contribution >= 0.6 is 11.8 Å². The highest BCUT2D eigenvalue weighted by Crippen LogP contribution is 2.36. The standard InChI is InChI=1S/C17H20N2OS/c1-11(2)10-21-17-15(9-18)14(8-16(20)19-17)13-6-4-12(3)5-7-13/h4-7,11,14H,8,10H2,1-3H3,(H,19,20). The number of nitriles is 1. The Hall–Kier alpha value is -1.73. The Morgan fingerprint density at radius 1 is 1.38 bits per heavy atom. The van der Waals surface area contributed by atoms with Crippen LogP contribution in [0.15, 0.2) is 34.9 Å². The lowest BCUT2D eigenvalue weighted by Crippen LogP contribution is -2.31. The number of thioether (sulfide) groups is 1. The summed E-state index contributed by atoms with van der Waals surface area (Å²) >= 11 is 1.57. The van der Waals surface area contributed by atoms with E-state index in [-0.39, 0.29) is 11.8 Å². The maximum atomic E-state index is 12.0. The van der Waals surface area contributed by atoms with E-state index in [9.17, 15) is 10.1 Å². The van der Waals surface area contributed by atoms with E-state index in [1.54, 1.807) is 11.8 Å². The zero-order valence-electron chi connectivity index (χ0n) is 12.6. The van der Waals surface area contributed by atoms with E-state index < -0.39 is 0 Å². The van der Waals surface area contributed by atoms with Gasteiger partial charge < -0.3 is 5.32 Å². The second-order valence-corrected chi connectivity index (χ2v) is 6.81. The molecule has 0 saturated heterocycles. The second kappa shape index (κ2) is 6.82. The third-order valence-corrected chi connectivity index (χ3v) is 4.84. The van der Waals surface area contributed by atoms with Crippen LogP contribution in [0.4, 0.5) is 0 Å². The molecule has 1 amide bonds. The van der Waals surface area contributed by atoms with Gasteiger partial charge in [0.1, 0.15) is 0 Å². The van der Waals surface area contributed by atoms with Gasteiger partial charge in [-0.1, -0.05) is 43.7 Å². The third-order valence-electron chi connectivity index (χ3n) is 3.40. The molecule has 1 aliphatic rings. The summed E-state index contributed by atoms with van der Waals surface area (Å²) in [5.41, 5.74) is 2.90.